The summed E-state index contributed by atoms with van der Waals surface area (Å²) in [6, 6.07) is 14.7. The first-order valence-electron chi connectivity index (χ1n) is 7.46. The Bertz CT molecular complexity index is 637. The van der Waals surface area contributed by atoms with Gasteiger partial charge in [-0.05, 0) is 55.8 Å². The van der Waals surface area contributed by atoms with Crippen LogP contribution in [-0.2, 0) is 6.54 Å². The molecule has 0 unspecified atom stereocenters. The van der Waals surface area contributed by atoms with Crippen molar-refractivity contribution in [1.29, 1.82) is 0 Å². The van der Waals surface area contributed by atoms with Gasteiger partial charge < -0.3 is 19.1 Å². The van der Waals surface area contributed by atoms with Crippen LogP contribution in [0.2, 0.25) is 0 Å². The maximum Gasteiger partial charge on any atom is 0.231 e. The second kappa shape index (κ2) is 6.18. The average molecular weight is 299 g/mol. The van der Waals surface area contributed by atoms with E-state index in [0.717, 1.165) is 23.8 Å². The van der Waals surface area contributed by atoms with Crippen molar-refractivity contribution in [1.82, 2.24) is 0 Å². The van der Waals surface area contributed by atoms with Crippen molar-refractivity contribution in [2.24, 2.45) is 0 Å². The lowest BCUT2D eigenvalue weighted by molar-refractivity contribution is 0.174. The smallest absolute Gasteiger partial charge is 0.231 e. The van der Waals surface area contributed by atoms with E-state index in [9.17, 15) is 0 Å². The van der Waals surface area contributed by atoms with Crippen molar-refractivity contribution < 1.29 is 14.2 Å². The molecule has 0 saturated carbocycles. The van der Waals surface area contributed by atoms with Gasteiger partial charge in [0.15, 0.2) is 11.5 Å². The summed E-state index contributed by atoms with van der Waals surface area (Å²) in [4.78, 5) is 2.34. The average Bonchev–Trinajstić information content (AvgIpc) is 3.00. The first-order chi connectivity index (χ1) is 10.7. The third-order valence-electron chi connectivity index (χ3n) is 3.82. The first-order valence-corrected chi connectivity index (χ1v) is 7.46. The van der Waals surface area contributed by atoms with E-state index < -0.39 is 0 Å². The van der Waals surface area contributed by atoms with Crippen LogP contribution in [0.15, 0.2) is 42.5 Å². The van der Waals surface area contributed by atoms with Crippen LogP contribution in [0.5, 0.6) is 17.2 Å². The molecule has 3 rings (SSSR count). The van der Waals surface area contributed by atoms with Crippen LogP contribution in [0.4, 0.5) is 5.69 Å². The van der Waals surface area contributed by atoms with Crippen molar-refractivity contribution >= 4 is 5.69 Å². The van der Waals surface area contributed by atoms with E-state index in [0.29, 0.717) is 12.8 Å². The minimum atomic E-state index is 0.311. The Morgan fingerprint density at radius 1 is 1.05 bits per heavy atom. The second-order valence-corrected chi connectivity index (χ2v) is 5.61. The van der Waals surface area contributed by atoms with Crippen molar-refractivity contribution in [2.75, 3.05) is 18.8 Å². The molecule has 0 aliphatic carbocycles. The lowest BCUT2D eigenvalue weighted by atomic mass is 10.1. The number of hydrogen-bond donors (Lipinski definition) is 0. The molecule has 0 spiro atoms. The van der Waals surface area contributed by atoms with Crippen molar-refractivity contribution in [3.8, 4) is 17.2 Å². The number of rotatable bonds is 5. The first kappa shape index (κ1) is 14.6. The number of methoxy groups -OCH3 is 1. The van der Waals surface area contributed by atoms with Gasteiger partial charge in [0.2, 0.25) is 6.79 Å². The SMILES string of the molecule is COc1ccc(N(Cc2ccc3c(c2)OCO3)C(C)C)cc1. The standard InChI is InChI=1S/C18H21NO3/c1-13(2)19(15-5-7-16(20-3)8-6-15)11-14-4-9-17-18(10-14)22-12-21-17/h4-10,13H,11-12H2,1-3H3. The summed E-state index contributed by atoms with van der Waals surface area (Å²) in [5.41, 5.74) is 2.38. The lowest BCUT2D eigenvalue weighted by Crippen LogP contribution is -2.30. The molecule has 0 N–H and O–H groups in total. The summed E-state index contributed by atoms with van der Waals surface area (Å²) in [7, 11) is 1.68. The molecule has 1 aliphatic rings. The molecule has 116 valence electrons. The maximum atomic E-state index is 5.46. The van der Waals surface area contributed by atoms with Gasteiger partial charge >= 0.3 is 0 Å². The summed E-state index contributed by atoms with van der Waals surface area (Å²) in [5, 5.41) is 0. The summed E-state index contributed by atoms with van der Waals surface area (Å²) in [6.45, 7) is 5.51. The van der Waals surface area contributed by atoms with E-state index in [1.54, 1.807) is 7.11 Å². The van der Waals surface area contributed by atoms with E-state index in [1.807, 2.05) is 18.2 Å². The van der Waals surface area contributed by atoms with Crippen molar-refractivity contribution in [3.05, 3.63) is 48.0 Å². The van der Waals surface area contributed by atoms with Gasteiger partial charge in [0, 0.05) is 18.3 Å². The number of ether oxygens (including phenoxy) is 3. The molecule has 1 heterocycles. The van der Waals surface area contributed by atoms with Gasteiger partial charge in [0.1, 0.15) is 5.75 Å². The molecule has 2 aromatic carbocycles. The zero-order chi connectivity index (χ0) is 15.5. The largest absolute Gasteiger partial charge is 0.497 e. The molecule has 0 bridgehead atoms. The molecule has 1 aliphatic heterocycles. The van der Waals surface area contributed by atoms with Crippen LogP contribution in [0.3, 0.4) is 0 Å². The molecule has 4 heteroatoms. The molecule has 0 amide bonds. The van der Waals surface area contributed by atoms with Crippen LogP contribution < -0.4 is 19.1 Å². The fraction of sp³-hybridized carbons (Fsp3) is 0.333. The van der Waals surface area contributed by atoms with E-state index in [4.69, 9.17) is 14.2 Å². The Hall–Kier alpha value is -2.36. The number of nitrogens with zero attached hydrogens (tertiary/aromatic N) is 1. The summed E-state index contributed by atoms with van der Waals surface area (Å²) < 4.78 is 16.1. The highest BCUT2D eigenvalue weighted by Gasteiger charge is 2.16. The third kappa shape index (κ3) is 2.96. The van der Waals surface area contributed by atoms with Crippen LogP contribution in [-0.4, -0.2) is 19.9 Å². The minimum absolute atomic E-state index is 0.311. The van der Waals surface area contributed by atoms with Crippen molar-refractivity contribution in [2.45, 2.75) is 26.4 Å². The number of anilines is 1. The molecule has 22 heavy (non-hydrogen) atoms. The van der Waals surface area contributed by atoms with E-state index >= 15 is 0 Å². The number of hydrogen-bond acceptors (Lipinski definition) is 4. The number of fused-ring (bicyclic) bond motifs is 1. The predicted octanol–water partition coefficient (Wildman–Crippen LogP) is 3.84. The highest BCUT2D eigenvalue weighted by molar-refractivity contribution is 5.51. The normalized spacial score (nSPS) is 12.5. The predicted molar refractivity (Wildman–Crippen MR) is 86.9 cm³/mol. The Morgan fingerprint density at radius 2 is 1.77 bits per heavy atom. The molecule has 0 fully saturated rings. The highest BCUT2D eigenvalue weighted by Crippen LogP contribution is 2.33. The van der Waals surface area contributed by atoms with Crippen LogP contribution in [0.25, 0.3) is 0 Å². The Labute approximate surface area is 131 Å². The van der Waals surface area contributed by atoms with Gasteiger partial charge in [-0.25, -0.2) is 0 Å². The van der Waals surface area contributed by atoms with Gasteiger partial charge in [-0.15, -0.1) is 0 Å². The number of benzene rings is 2. The Morgan fingerprint density at radius 3 is 2.45 bits per heavy atom. The van der Waals surface area contributed by atoms with Crippen LogP contribution >= 0.6 is 0 Å². The molecule has 0 radical (unpaired) electrons. The molecule has 0 aromatic heterocycles. The van der Waals surface area contributed by atoms with Gasteiger partial charge in [-0.2, -0.15) is 0 Å². The molecule has 0 atom stereocenters. The van der Waals surface area contributed by atoms with Crippen LogP contribution in [0, 0.1) is 0 Å². The van der Waals surface area contributed by atoms with Crippen LogP contribution in [0.1, 0.15) is 19.4 Å². The zero-order valence-electron chi connectivity index (χ0n) is 13.2. The lowest BCUT2D eigenvalue weighted by Gasteiger charge is -2.29. The van der Waals surface area contributed by atoms with E-state index in [1.165, 1.54) is 11.3 Å². The third-order valence-corrected chi connectivity index (χ3v) is 3.82. The Kier molecular flexibility index (Phi) is 4.09. The quantitative estimate of drug-likeness (QED) is 0.839. The second-order valence-electron chi connectivity index (χ2n) is 5.61. The summed E-state index contributed by atoms with van der Waals surface area (Å²) >= 11 is 0. The van der Waals surface area contributed by atoms with E-state index in [-0.39, 0.29) is 0 Å². The molecular weight excluding hydrogens is 278 g/mol. The maximum absolute atomic E-state index is 5.46. The Balaban J connectivity index is 1.82. The molecule has 2 aromatic rings. The molecule has 0 saturated heterocycles. The van der Waals surface area contributed by atoms with Gasteiger partial charge in [0.05, 0.1) is 7.11 Å². The minimum Gasteiger partial charge on any atom is -0.497 e. The van der Waals surface area contributed by atoms with Gasteiger partial charge in [-0.3, -0.25) is 0 Å². The monoisotopic (exact) mass is 299 g/mol. The van der Waals surface area contributed by atoms with Crippen molar-refractivity contribution in [3.63, 3.8) is 0 Å². The molecule has 4 nitrogen and oxygen atoms in total. The highest BCUT2D eigenvalue weighted by atomic mass is 16.7. The zero-order valence-corrected chi connectivity index (χ0v) is 13.2. The summed E-state index contributed by atoms with van der Waals surface area (Å²) in [5.74, 6) is 2.52. The fourth-order valence-corrected chi connectivity index (χ4v) is 2.58. The van der Waals surface area contributed by atoms with Gasteiger partial charge in [-0.1, -0.05) is 6.07 Å². The summed E-state index contributed by atoms with van der Waals surface area (Å²) in [6.07, 6.45) is 0. The topological polar surface area (TPSA) is 30.9 Å². The fourth-order valence-electron chi connectivity index (χ4n) is 2.58. The van der Waals surface area contributed by atoms with E-state index in [2.05, 4.69) is 43.0 Å². The van der Waals surface area contributed by atoms with Gasteiger partial charge in [0.25, 0.3) is 0 Å². The molecular formula is C18H21NO3.